The fourth-order valence-electron chi connectivity index (χ4n) is 7.54. The van der Waals surface area contributed by atoms with Crippen molar-refractivity contribution in [2.75, 3.05) is 0 Å². The first-order valence-electron chi connectivity index (χ1n) is 21.5. The summed E-state index contributed by atoms with van der Waals surface area (Å²) in [6.07, 6.45) is 8.73. The molecule has 1 radical (unpaired) electrons. The van der Waals surface area contributed by atoms with Crippen molar-refractivity contribution in [3.05, 3.63) is 131 Å². The molecule has 4 nitrogen and oxygen atoms in total. The maximum Gasteiger partial charge on any atom is 0.162 e. The fraction of sp³-hybridized carbons (Fsp3) is 0.377. The first-order chi connectivity index (χ1) is 27.8. The van der Waals surface area contributed by atoms with E-state index in [9.17, 15) is 9.90 Å². The Morgan fingerprint density at radius 3 is 1.32 bits per heavy atom. The van der Waals surface area contributed by atoms with Crippen LogP contribution in [0.1, 0.15) is 75.6 Å². The van der Waals surface area contributed by atoms with Crippen LogP contribution in [0.3, 0.4) is 0 Å². The maximum atomic E-state index is 11.7. The van der Waals surface area contributed by atoms with Crippen LogP contribution in [-0.4, -0.2) is 37.0 Å². The molecule has 0 amide bonds. The molecule has 7 heteroatoms. The van der Waals surface area contributed by atoms with Gasteiger partial charge in [0.05, 0.1) is 21.9 Å². The van der Waals surface area contributed by atoms with Gasteiger partial charge in [-0.2, -0.15) is 0 Å². The van der Waals surface area contributed by atoms with Gasteiger partial charge in [-0.3, -0.25) is 4.79 Å². The number of pyridine rings is 2. The quantitative estimate of drug-likeness (QED) is 0.0608. The van der Waals surface area contributed by atoms with Crippen LogP contribution in [0.4, 0.5) is 0 Å². The molecular formula is C53H68IrN2O2Si2-2. The summed E-state index contributed by atoms with van der Waals surface area (Å²) < 4.78 is 0. The van der Waals surface area contributed by atoms with Gasteiger partial charge in [0.2, 0.25) is 0 Å². The first-order valence-corrected chi connectivity index (χ1v) is 28.5. The Labute approximate surface area is 377 Å². The Morgan fingerprint density at radius 1 is 0.600 bits per heavy atom. The molecule has 60 heavy (non-hydrogen) atoms. The molecule has 2 aromatic heterocycles. The summed E-state index contributed by atoms with van der Waals surface area (Å²) in [7, 11) is -2.59. The van der Waals surface area contributed by atoms with Crippen molar-refractivity contribution in [2.24, 2.45) is 11.8 Å². The van der Waals surface area contributed by atoms with Crippen molar-refractivity contribution in [2.45, 2.75) is 120 Å². The molecule has 0 bridgehead atoms. The average Bonchev–Trinajstić information content (AvgIpc) is 3.17. The van der Waals surface area contributed by atoms with Crippen molar-refractivity contribution >= 4 is 53.8 Å². The Morgan fingerprint density at radius 2 is 0.983 bits per heavy atom. The molecule has 0 aliphatic carbocycles. The van der Waals surface area contributed by atoms with E-state index in [0.717, 1.165) is 59.3 Å². The normalized spacial score (nSPS) is 11.8. The van der Waals surface area contributed by atoms with Crippen LogP contribution in [-0.2, 0) is 24.9 Å². The van der Waals surface area contributed by atoms with Gasteiger partial charge in [-0.1, -0.05) is 141 Å². The Kier molecular flexibility index (Phi) is 18.6. The van der Waals surface area contributed by atoms with Crippen molar-refractivity contribution in [3.63, 3.8) is 0 Å². The van der Waals surface area contributed by atoms with E-state index in [2.05, 4.69) is 162 Å². The number of aryl methyl sites for hydroxylation is 4. The van der Waals surface area contributed by atoms with E-state index < -0.39 is 16.1 Å². The van der Waals surface area contributed by atoms with Gasteiger partial charge in [0, 0.05) is 50.4 Å². The topological polar surface area (TPSA) is 63.1 Å². The van der Waals surface area contributed by atoms with Crippen molar-refractivity contribution < 1.29 is 30.0 Å². The van der Waals surface area contributed by atoms with Crippen molar-refractivity contribution in [1.29, 1.82) is 0 Å². The van der Waals surface area contributed by atoms with E-state index in [1.165, 1.54) is 49.1 Å². The molecule has 0 atom stereocenters. The number of nitrogens with zero attached hydrogens (tertiary/aromatic N) is 2. The molecule has 0 spiro atoms. The largest absolute Gasteiger partial charge is 0.512 e. The summed E-state index contributed by atoms with van der Waals surface area (Å²) in [5.74, 6) is 0.547. The van der Waals surface area contributed by atoms with E-state index in [1.807, 2.05) is 40.1 Å². The second-order valence-electron chi connectivity index (χ2n) is 18.2. The third kappa shape index (κ3) is 13.5. The number of carbonyl (C=O) groups is 1. The number of fused-ring (bicyclic) bond motifs is 2. The molecule has 0 saturated carbocycles. The van der Waals surface area contributed by atoms with Crippen LogP contribution in [0, 0.1) is 51.7 Å². The second kappa shape index (κ2) is 22.2. The minimum Gasteiger partial charge on any atom is -0.512 e. The van der Waals surface area contributed by atoms with Gasteiger partial charge in [0.15, 0.2) is 5.78 Å². The standard InChI is InChI=1S/2C20H22NSi.C13H24O2.Ir/c2*1-14-10-15(2)12-17(11-14)20-19-7-6-18(22(3,4)5)13-16(19)8-9-21-20;1-5-10(6-2)12(14)9-13(15)11(7-3)8-4;/h2*6-11,13H,1-5H3;9-11,14H,5-8H2,1-4H3;/q2*-1;;/b;;12-9-;. The molecule has 0 aliphatic heterocycles. The van der Waals surface area contributed by atoms with Gasteiger partial charge >= 0.3 is 0 Å². The zero-order chi connectivity index (χ0) is 43.7. The molecule has 0 fully saturated rings. The molecule has 6 aromatic rings. The number of carbonyl (C=O) groups excluding carboxylic acids is 1. The number of aliphatic hydroxyl groups excluding tert-OH is 1. The van der Waals surface area contributed by atoms with E-state index >= 15 is 0 Å². The third-order valence-electron chi connectivity index (χ3n) is 11.1. The van der Waals surface area contributed by atoms with Gasteiger partial charge in [0.25, 0.3) is 0 Å². The molecule has 0 saturated heterocycles. The van der Waals surface area contributed by atoms with Crippen LogP contribution in [0.5, 0.6) is 0 Å². The zero-order valence-corrected chi connectivity index (χ0v) is 43.1. The van der Waals surface area contributed by atoms with E-state index in [1.54, 1.807) is 0 Å². The Hall–Kier alpha value is -4.01. The average molecular weight is 1010 g/mol. The van der Waals surface area contributed by atoms with Gasteiger partial charge in [-0.25, -0.2) is 0 Å². The SMILES string of the molecule is CCC(CC)C(=O)/C=C(\O)C(CC)CC.Cc1[c-]c(-c2nccc3cc([Si](C)(C)C)ccc23)cc(C)c1.Cc1[c-]c(-c2nccc3cc([Si](C)(C)C)ccc23)cc(C)c1.[Ir]. The number of hydrogen-bond donors (Lipinski definition) is 1. The van der Waals surface area contributed by atoms with Crippen molar-refractivity contribution in [3.8, 4) is 22.5 Å². The second-order valence-corrected chi connectivity index (χ2v) is 28.4. The van der Waals surface area contributed by atoms with Gasteiger partial charge in [-0.15, -0.1) is 69.8 Å². The van der Waals surface area contributed by atoms with Crippen LogP contribution in [0.15, 0.2) is 97.0 Å². The number of aliphatic hydroxyl groups is 1. The van der Waals surface area contributed by atoms with E-state index in [0.29, 0.717) is 0 Å². The van der Waals surface area contributed by atoms with Crippen LogP contribution < -0.4 is 10.4 Å². The predicted octanol–water partition coefficient (Wildman–Crippen LogP) is 13.6. The minimum absolute atomic E-state index is 0. The monoisotopic (exact) mass is 1010 g/mol. The van der Waals surface area contributed by atoms with E-state index in [4.69, 9.17) is 0 Å². The third-order valence-corrected chi connectivity index (χ3v) is 15.2. The summed E-state index contributed by atoms with van der Waals surface area (Å²) in [6, 6.07) is 33.5. The Balaban J connectivity index is 0.000000244. The molecule has 4 aromatic carbocycles. The van der Waals surface area contributed by atoms with Crippen LogP contribution >= 0.6 is 0 Å². The molecule has 1 N–H and O–H groups in total. The number of ketones is 1. The summed E-state index contributed by atoms with van der Waals surface area (Å²) in [5, 5.41) is 17.7. The number of hydrogen-bond acceptors (Lipinski definition) is 4. The summed E-state index contributed by atoms with van der Waals surface area (Å²) in [6.45, 7) is 30.8. The smallest absolute Gasteiger partial charge is 0.162 e. The van der Waals surface area contributed by atoms with Crippen LogP contribution in [0.25, 0.3) is 44.1 Å². The summed E-state index contributed by atoms with van der Waals surface area (Å²) in [5.41, 5.74) is 9.07. The predicted molar refractivity (Wildman–Crippen MR) is 261 cm³/mol. The first kappa shape index (κ1) is 50.3. The van der Waals surface area contributed by atoms with Gasteiger partial charge in [0.1, 0.15) is 0 Å². The van der Waals surface area contributed by atoms with Crippen molar-refractivity contribution in [1.82, 2.24) is 9.97 Å². The summed E-state index contributed by atoms with van der Waals surface area (Å²) in [4.78, 5) is 21.0. The van der Waals surface area contributed by atoms with Gasteiger partial charge < -0.3 is 15.1 Å². The summed E-state index contributed by atoms with van der Waals surface area (Å²) >= 11 is 0. The molecule has 0 unspecified atom stereocenters. The molecule has 2 heterocycles. The number of rotatable bonds is 11. The molecule has 0 aliphatic rings. The maximum absolute atomic E-state index is 11.7. The van der Waals surface area contributed by atoms with Gasteiger partial charge in [-0.05, 0) is 70.7 Å². The number of aromatic nitrogens is 2. The Bertz CT molecular complexity index is 2210. The van der Waals surface area contributed by atoms with E-state index in [-0.39, 0.29) is 43.5 Å². The zero-order valence-electron chi connectivity index (χ0n) is 38.7. The van der Waals surface area contributed by atoms with Crippen LogP contribution in [0.2, 0.25) is 39.3 Å². The molecule has 321 valence electrons. The molecule has 6 rings (SSSR count). The molecular weight excluding hydrogens is 945 g/mol. The number of allylic oxidation sites excluding steroid dienone is 2. The number of benzene rings is 4. The minimum atomic E-state index is -1.29. The fourth-order valence-corrected chi connectivity index (χ4v) is 9.89.